The van der Waals surface area contributed by atoms with Gasteiger partial charge in [0.15, 0.2) is 0 Å². The number of nitrogen functional groups attached to an aromatic ring is 1. The van der Waals surface area contributed by atoms with Crippen molar-refractivity contribution >= 4 is 11.4 Å². The van der Waals surface area contributed by atoms with Crippen LogP contribution in [0.25, 0.3) is 0 Å². The summed E-state index contributed by atoms with van der Waals surface area (Å²) >= 11 is 0. The molecule has 0 atom stereocenters. The molecule has 0 aliphatic carbocycles. The molecule has 4 nitrogen and oxygen atoms in total. The number of nitrogens with one attached hydrogen (secondary N) is 1. The average Bonchev–Trinajstić information content (AvgIpc) is 2.40. The van der Waals surface area contributed by atoms with Crippen molar-refractivity contribution in [2.75, 3.05) is 30.9 Å². The molecule has 0 aromatic heterocycles. The van der Waals surface area contributed by atoms with Crippen molar-refractivity contribution in [1.29, 1.82) is 0 Å². The van der Waals surface area contributed by atoms with E-state index in [1.54, 1.807) is 0 Å². The van der Waals surface area contributed by atoms with Gasteiger partial charge >= 0.3 is 0 Å². The molecule has 1 aliphatic heterocycles. The first-order chi connectivity index (χ1) is 9.14. The number of hydrogen-bond acceptors (Lipinski definition) is 4. The largest absolute Gasteiger partial charge is 0.491 e. The van der Waals surface area contributed by atoms with E-state index in [1.165, 1.54) is 0 Å². The van der Waals surface area contributed by atoms with E-state index in [4.69, 9.17) is 15.2 Å². The molecular weight excluding hydrogens is 240 g/mol. The average molecular weight is 264 g/mol. The third kappa shape index (κ3) is 3.53. The van der Waals surface area contributed by atoms with E-state index in [0.717, 1.165) is 43.9 Å². The molecule has 0 unspecified atom stereocenters. The van der Waals surface area contributed by atoms with E-state index in [2.05, 4.69) is 19.2 Å². The van der Waals surface area contributed by atoms with Crippen LogP contribution < -0.4 is 15.8 Å². The minimum atomic E-state index is 0.0513. The molecule has 1 aromatic carbocycles. The van der Waals surface area contributed by atoms with E-state index in [9.17, 15) is 0 Å². The Morgan fingerprint density at radius 2 is 2.11 bits per heavy atom. The monoisotopic (exact) mass is 264 g/mol. The van der Waals surface area contributed by atoms with Gasteiger partial charge in [0.25, 0.3) is 0 Å². The van der Waals surface area contributed by atoms with Gasteiger partial charge in [-0.15, -0.1) is 0 Å². The second-order valence-corrected chi connectivity index (χ2v) is 5.36. The highest BCUT2D eigenvalue weighted by Gasteiger charge is 2.27. The highest BCUT2D eigenvalue weighted by atomic mass is 16.5. The SMILES string of the molecule is CCCOc1cccc(NC2(C)CCOCC2)c1N. The van der Waals surface area contributed by atoms with Crippen molar-refractivity contribution in [3.05, 3.63) is 18.2 Å². The van der Waals surface area contributed by atoms with Crippen LogP contribution in [0.2, 0.25) is 0 Å². The van der Waals surface area contributed by atoms with Gasteiger partial charge in [-0.25, -0.2) is 0 Å². The molecule has 19 heavy (non-hydrogen) atoms. The number of rotatable bonds is 5. The molecule has 0 saturated carbocycles. The van der Waals surface area contributed by atoms with Gasteiger partial charge in [0.1, 0.15) is 5.75 Å². The zero-order valence-corrected chi connectivity index (χ0v) is 11.9. The summed E-state index contributed by atoms with van der Waals surface area (Å²) in [6.07, 6.45) is 2.96. The summed E-state index contributed by atoms with van der Waals surface area (Å²) in [5, 5.41) is 3.56. The number of anilines is 2. The minimum absolute atomic E-state index is 0.0513. The van der Waals surface area contributed by atoms with Crippen LogP contribution >= 0.6 is 0 Å². The molecule has 106 valence electrons. The molecular formula is C15H24N2O2. The van der Waals surface area contributed by atoms with Crippen LogP contribution in [0.1, 0.15) is 33.1 Å². The smallest absolute Gasteiger partial charge is 0.144 e. The molecule has 0 spiro atoms. The number of para-hydroxylation sites is 1. The predicted octanol–water partition coefficient (Wildman–Crippen LogP) is 3.04. The van der Waals surface area contributed by atoms with Crippen LogP contribution in [0.4, 0.5) is 11.4 Å². The molecule has 1 saturated heterocycles. The lowest BCUT2D eigenvalue weighted by Gasteiger charge is -2.36. The Balaban J connectivity index is 2.11. The van der Waals surface area contributed by atoms with E-state index < -0.39 is 0 Å². The maximum absolute atomic E-state index is 6.18. The molecule has 1 aliphatic rings. The second kappa shape index (κ2) is 6.15. The minimum Gasteiger partial charge on any atom is -0.491 e. The van der Waals surface area contributed by atoms with Crippen molar-refractivity contribution in [3.8, 4) is 5.75 Å². The first-order valence-electron chi connectivity index (χ1n) is 7.02. The number of ether oxygens (including phenoxy) is 2. The van der Waals surface area contributed by atoms with Crippen molar-refractivity contribution in [1.82, 2.24) is 0 Å². The Labute approximate surface area is 115 Å². The summed E-state index contributed by atoms with van der Waals surface area (Å²) in [7, 11) is 0. The van der Waals surface area contributed by atoms with Gasteiger partial charge in [0.2, 0.25) is 0 Å². The van der Waals surface area contributed by atoms with Crippen LogP contribution in [-0.4, -0.2) is 25.4 Å². The summed E-state index contributed by atoms with van der Waals surface area (Å²) in [6.45, 7) is 6.60. The fraction of sp³-hybridized carbons (Fsp3) is 0.600. The van der Waals surface area contributed by atoms with Crippen LogP contribution in [0, 0.1) is 0 Å². The van der Waals surface area contributed by atoms with E-state index in [-0.39, 0.29) is 5.54 Å². The standard InChI is InChI=1S/C15H24N2O2/c1-3-9-19-13-6-4-5-12(14(13)16)17-15(2)7-10-18-11-8-15/h4-6,17H,3,7-11,16H2,1-2H3. The summed E-state index contributed by atoms with van der Waals surface area (Å²) in [4.78, 5) is 0. The third-order valence-corrected chi connectivity index (χ3v) is 3.56. The first kappa shape index (κ1) is 14.0. The predicted molar refractivity (Wildman–Crippen MR) is 78.7 cm³/mol. The molecule has 4 heteroatoms. The Kier molecular flexibility index (Phi) is 4.53. The van der Waals surface area contributed by atoms with Gasteiger partial charge < -0.3 is 20.5 Å². The van der Waals surface area contributed by atoms with Gasteiger partial charge in [0, 0.05) is 18.8 Å². The van der Waals surface area contributed by atoms with Gasteiger partial charge in [-0.3, -0.25) is 0 Å². The molecule has 2 rings (SSSR count). The highest BCUT2D eigenvalue weighted by Crippen LogP contribution is 2.33. The molecule has 1 heterocycles. The highest BCUT2D eigenvalue weighted by molar-refractivity contribution is 5.73. The lowest BCUT2D eigenvalue weighted by molar-refractivity contribution is 0.0658. The fourth-order valence-electron chi connectivity index (χ4n) is 2.26. The van der Waals surface area contributed by atoms with Gasteiger partial charge in [-0.1, -0.05) is 13.0 Å². The third-order valence-electron chi connectivity index (χ3n) is 3.56. The summed E-state index contributed by atoms with van der Waals surface area (Å²) < 4.78 is 11.1. The van der Waals surface area contributed by atoms with E-state index in [1.807, 2.05) is 18.2 Å². The molecule has 1 fully saturated rings. The van der Waals surface area contributed by atoms with E-state index in [0.29, 0.717) is 12.3 Å². The summed E-state index contributed by atoms with van der Waals surface area (Å²) in [6, 6.07) is 5.91. The molecule has 0 bridgehead atoms. The maximum Gasteiger partial charge on any atom is 0.144 e. The van der Waals surface area contributed by atoms with Crippen molar-refractivity contribution in [2.24, 2.45) is 0 Å². The van der Waals surface area contributed by atoms with Gasteiger partial charge in [-0.2, -0.15) is 0 Å². The van der Waals surface area contributed by atoms with Crippen LogP contribution in [0.3, 0.4) is 0 Å². The van der Waals surface area contributed by atoms with Crippen LogP contribution in [0.5, 0.6) is 5.75 Å². The topological polar surface area (TPSA) is 56.5 Å². The lowest BCUT2D eigenvalue weighted by atomic mass is 9.92. The lowest BCUT2D eigenvalue weighted by Crippen LogP contribution is -2.40. The number of benzene rings is 1. The Hall–Kier alpha value is -1.42. The van der Waals surface area contributed by atoms with Crippen molar-refractivity contribution in [2.45, 2.75) is 38.6 Å². The zero-order valence-electron chi connectivity index (χ0n) is 11.9. The first-order valence-corrected chi connectivity index (χ1v) is 7.02. The van der Waals surface area contributed by atoms with Crippen molar-refractivity contribution in [3.63, 3.8) is 0 Å². The normalized spacial score (nSPS) is 18.0. The maximum atomic E-state index is 6.18. The fourth-order valence-corrected chi connectivity index (χ4v) is 2.26. The molecule has 0 amide bonds. The molecule has 1 aromatic rings. The van der Waals surface area contributed by atoms with Crippen molar-refractivity contribution < 1.29 is 9.47 Å². The Morgan fingerprint density at radius 1 is 1.37 bits per heavy atom. The second-order valence-electron chi connectivity index (χ2n) is 5.36. The van der Waals surface area contributed by atoms with Crippen LogP contribution in [0.15, 0.2) is 18.2 Å². The van der Waals surface area contributed by atoms with E-state index >= 15 is 0 Å². The van der Waals surface area contributed by atoms with Gasteiger partial charge in [-0.05, 0) is 38.3 Å². The Bertz CT molecular complexity index is 415. The van der Waals surface area contributed by atoms with Crippen LogP contribution in [-0.2, 0) is 4.74 Å². The quantitative estimate of drug-likeness (QED) is 0.803. The molecule has 0 radical (unpaired) electrons. The molecule has 3 N–H and O–H groups in total. The zero-order chi connectivity index (χ0) is 13.7. The number of hydrogen-bond donors (Lipinski definition) is 2. The van der Waals surface area contributed by atoms with Gasteiger partial charge in [0.05, 0.1) is 18.0 Å². The number of nitrogens with two attached hydrogens (primary N) is 1. The summed E-state index contributed by atoms with van der Waals surface area (Å²) in [5.41, 5.74) is 7.89. The Morgan fingerprint density at radius 3 is 2.79 bits per heavy atom. The summed E-state index contributed by atoms with van der Waals surface area (Å²) in [5.74, 6) is 0.766.